The van der Waals surface area contributed by atoms with Crippen molar-refractivity contribution in [1.82, 2.24) is 0 Å². The highest BCUT2D eigenvalue weighted by Gasteiger charge is 2.18. The predicted molar refractivity (Wildman–Crippen MR) is 92.6 cm³/mol. The molecule has 0 saturated heterocycles. The Bertz CT molecular complexity index is 722. The Morgan fingerprint density at radius 3 is 2.52 bits per heavy atom. The molecule has 5 nitrogen and oxygen atoms in total. The molecule has 0 fully saturated rings. The highest BCUT2D eigenvalue weighted by atomic mass is 35.5. The van der Waals surface area contributed by atoms with Crippen LogP contribution >= 0.6 is 23.2 Å². The van der Waals surface area contributed by atoms with E-state index in [4.69, 9.17) is 38.4 Å². The Balaban J connectivity index is 2.10. The predicted octanol–water partition coefficient (Wildman–Crippen LogP) is 3.99. The molecule has 0 spiro atoms. The van der Waals surface area contributed by atoms with Crippen LogP contribution in [0.5, 0.6) is 11.5 Å². The molecule has 122 valence electrons. The summed E-state index contributed by atoms with van der Waals surface area (Å²) in [4.78, 5) is 12.3. The first-order valence-corrected chi connectivity index (χ1v) is 7.52. The molecular formula is C16H16Cl2N2O3. The van der Waals surface area contributed by atoms with Gasteiger partial charge in [0.1, 0.15) is 11.5 Å². The molecule has 7 heteroatoms. The van der Waals surface area contributed by atoms with E-state index < -0.39 is 6.10 Å². The van der Waals surface area contributed by atoms with Gasteiger partial charge in [-0.05, 0) is 43.3 Å². The molecule has 0 saturated carbocycles. The van der Waals surface area contributed by atoms with Crippen molar-refractivity contribution in [3.63, 3.8) is 0 Å². The van der Waals surface area contributed by atoms with Crippen molar-refractivity contribution >= 4 is 40.5 Å². The number of ether oxygens (including phenoxy) is 2. The summed E-state index contributed by atoms with van der Waals surface area (Å²) in [6, 6.07) is 9.75. The molecule has 0 radical (unpaired) electrons. The van der Waals surface area contributed by atoms with Crippen LogP contribution in [-0.2, 0) is 4.79 Å². The molecule has 2 rings (SSSR count). The number of methoxy groups -OCH3 is 1. The lowest BCUT2D eigenvalue weighted by atomic mass is 10.2. The molecule has 2 aromatic rings. The maximum atomic E-state index is 12.3. The first kappa shape index (κ1) is 17.2. The minimum atomic E-state index is -0.778. The number of rotatable bonds is 5. The van der Waals surface area contributed by atoms with Crippen molar-refractivity contribution in [2.45, 2.75) is 13.0 Å². The second kappa shape index (κ2) is 7.44. The molecule has 0 aliphatic carbocycles. The Morgan fingerprint density at radius 2 is 1.87 bits per heavy atom. The molecular weight excluding hydrogens is 339 g/mol. The van der Waals surface area contributed by atoms with E-state index >= 15 is 0 Å². The average molecular weight is 355 g/mol. The van der Waals surface area contributed by atoms with Crippen molar-refractivity contribution in [2.75, 3.05) is 18.2 Å². The minimum Gasteiger partial charge on any atom is -0.495 e. The van der Waals surface area contributed by atoms with Gasteiger partial charge in [-0.15, -0.1) is 0 Å². The van der Waals surface area contributed by atoms with Crippen LogP contribution in [0.25, 0.3) is 0 Å². The van der Waals surface area contributed by atoms with Crippen molar-refractivity contribution in [3.05, 3.63) is 46.4 Å². The number of carbonyl (C=O) groups excluding carboxylic acids is 1. The number of amides is 1. The molecule has 0 aliphatic heterocycles. The maximum absolute atomic E-state index is 12.3. The van der Waals surface area contributed by atoms with Gasteiger partial charge in [-0.25, -0.2) is 0 Å². The fourth-order valence-corrected chi connectivity index (χ4v) is 2.33. The third-order valence-electron chi connectivity index (χ3n) is 3.05. The van der Waals surface area contributed by atoms with Gasteiger partial charge in [0.25, 0.3) is 5.91 Å². The van der Waals surface area contributed by atoms with E-state index in [0.29, 0.717) is 32.9 Å². The fourth-order valence-electron chi connectivity index (χ4n) is 1.87. The number of benzene rings is 2. The molecule has 0 aliphatic rings. The SMILES string of the molecule is COc1ccc(N)cc1NC(=O)C(C)Oc1ccc(Cl)cc1Cl. The summed E-state index contributed by atoms with van der Waals surface area (Å²) in [5.41, 5.74) is 6.70. The Kier molecular flexibility index (Phi) is 5.58. The number of nitrogens with two attached hydrogens (primary N) is 1. The van der Waals surface area contributed by atoms with Crippen LogP contribution in [0, 0.1) is 0 Å². The highest BCUT2D eigenvalue weighted by Crippen LogP contribution is 2.29. The summed E-state index contributed by atoms with van der Waals surface area (Å²) in [7, 11) is 1.51. The number of hydrogen-bond donors (Lipinski definition) is 2. The number of nitrogen functional groups attached to an aromatic ring is 1. The largest absolute Gasteiger partial charge is 0.495 e. The van der Waals surface area contributed by atoms with Crippen LogP contribution in [-0.4, -0.2) is 19.1 Å². The lowest BCUT2D eigenvalue weighted by molar-refractivity contribution is -0.122. The standard InChI is InChI=1S/C16H16Cl2N2O3/c1-9(23-14-5-3-10(17)7-12(14)18)16(21)20-13-8-11(19)4-6-15(13)22-2/h3-9H,19H2,1-2H3,(H,20,21). The van der Waals surface area contributed by atoms with Gasteiger partial charge >= 0.3 is 0 Å². The molecule has 1 amide bonds. The van der Waals surface area contributed by atoms with Crippen LogP contribution in [0.3, 0.4) is 0 Å². The number of nitrogens with one attached hydrogen (secondary N) is 1. The Hall–Kier alpha value is -2.11. The van der Waals surface area contributed by atoms with Gasteiger partial charge in [0.15, 0.2) is 6.10 Å². The number of hydrogen-bond acceptors (Lipinski definition) is 4. The van der Waals surface area contributed by atoms with Crippen LogP contribution in [0.1, 0.15) is 6.92 Å². The van der Waals surface area contributed by atoms with Crippen molar-refractivity contribution in [2.24, 2.45) is 0 Å². The molecule has 0 aromatic heterocycles. The van der Waals surface area contributed by atoms with Crippen LogP contribution in [0.15, 0.2) is 36.4 Å². The zero-order valence-corrected chi connectivity index (χ0v) is 14.1. The van der Waals surface area contributed by atoms with E-state index in [-0.39, 0.29) is 5.91 Å². The lowest BCUT2D eigenvalue weighted by Gasteiger charge is -2.17. The molecule has 2 aromatic carbocycles. The van der Waals surface area contributed by atoms with Crippen molar-refractivity contribution in [1.29, 1.82) is 0 Å². The third-order valence-corrected chi connectivity index (χ3v) is 3.58. The van der Waals surface area contributed by atoms with E-state index in [1.54, 1.807) is 43.3 Å². The van der Waals surface area contributed by atoms with E-state index in [2.05, 4.69) is 5.32 Å². The van der Waals surface area contributed by atoms with Crippen molar-refractivity contribution < 1.29 is 14.3 Å². The first-order chi connectivity index (χ1) is 10.9. The fraction of sp³-hybridized carbons (Fsp3) is 0.188. The molecule has 0 heterocycles. The second-order valence-corrected chi connectivity index (χ2v) is 5.63. The van der Waals surface area contributed by atoms with Gasteiger partial charge in [0, 0.05) is 10.7 Å². The molecule has 1 unspecified atom stereocenters. The van der Waals surface area contributed by atoms with E-state index in [1.807, 2.05) is 0 Å². The van der Waals surface area contributed by atoms with Crippen LogP contribution < -0.4 is 20.5 Å². The summed E-state index contributed by atoms with van der Waals surface area (Å²) in [5, 5.41) is 3.54. The normalized spacial score (nSPS) is 11.7. The summed E-state index contributed by atoms with van der Waals surface area (Å²) >= 11 is 11.9. The van der Waals surface area contributed by atoms with Gasteiger partial charge in [-0.1, -0.05) is 23.2 Å². The summed E-state index contributed by atoms with van der Waals surface area (Å²) in [6.07, 6.45) is -0.778. The number of halogens is 2. The number of anilines is 2. The zero-order chi connectivity index (χ0) is 17.0. The molecule has 0 bridgehead atoms. The van der Waals surface area contributed by atoms with Gasteiger partial charge in [-0.2, -0.15) is 0 Å². The van der Waals surface area contributed by atoms with Gasteiger partial charge < -0.3 is 20.5 Å². The quantitative estimate of drug-likeness (QED) is 0.796. The summed E-state index contributed by atoms with van der Waals surface area (Å²) < 4.78 is 10.7. The summed E-state index contributed by atoms with van der Waals surface area (Å²) in [5.74, 6) is 0.516. The zero-order valence-electron chi connectivity index (χ0n) is 12.6. The highest BCUT2D eigenvalue weighted by molar-refractivity contribution is 6.35. The minimum absolute atomic E-state index is 0.332. The molecule has 1 atom stereocenters. The topological polar surface area (TPSA) is 73.6 Å². The smallest absolute Gasteiger partial charge is 0.265 e. The lowest BCUT2D eigenvalue weighted by Crippen LogP contribution is -2.30. The van der Waals surface area contributed by atoms with E-state index in [0.717, 1.165) is 0 Å². The maximum Gasteiger partial charge on any atom is 0.265 e. The summed E-state index contributed by atoms with van der Waals surface area (Å²) in [6.45, 7) is 1.61. The van der Waals surface area contributed by atoms with Crippen LogP contribution in [0.4, 0.5) is 11.4 Å². The van der Waals surface area contributed by atoms with E-state index in [1.165, 1.54) is 7.11 Å². The molecule has 3 N–H and O–H groups in total. The van der Waals surface area contributed by atoms with E-state index in [9.17, 15) is 4.79 Å². The van der Waals surface area contributed by atoms with Gasteiger partial charge in [0.2, 0.25) is 0 Å². The molecule has 23 heavy (non-hydrogen) atoms. The van der Waals surface area contributed by atoms with Gasteiger partial charge in [-0.3, -0.25) is 4.79 Å². The van der Waals surface area contributed by atoms with Crippen molar-refractivity contribution in [3.8, 4) is 11.5 Å². The third kappa shape index (κ3) is 4.43. The number of carbonyl (C=O) groups is 1. The van der Waals surface area contributed by atoms with Crippen LogP contribution in [0.2, 0.25) is 10.0 Å². The van der Waals surface area contributed by atoms with Gasteiger partial charge in [0.05, 0.1) is 17.8 Å². The second-order valence-electron chi connectivity index (χ2n) is 4.78. The first-order valence-electron chi connectivity index (χ1n) is 6.77. The Labute approximate surface area is 144 Å². The monoisotopic (exact) mass is 354 g/mol. The average Bonchev–Trinajstić information content (AvgIpc) is 2.50. The Morgan fingerprint density at radius 1 is 1.17 bits per heavy atom.